The van der Waals surface area contributed by atoms with Crippen LogP contribution in [0.3, 0.4) is 0 Å². The molecular weight excluding hydrogens is 154 g/mol. The van der Waals surface area contributed by atoms with Gasteiger partial charge in [-0.25, -0.2) is 0 Å². The highest BCUT2D eigenvalue weighted by Gasteiger charge is 2.20. The van der Waals surface area contributed by atoms with Crippen molar-refractivity contribution in [1.29, 1.82) is 0 Å². The molecule has 0 spiro atoms. The number of hydrogen-bond acceptors (Lipinski definition) is 3. The lowest BCUT2D eigenvalue weighted by atomic mass is 9.88. The highest BCUT2D eigenvalue weighted by Crippen LogP contribution is 2.18. The zero-order valence-electron chi connectivity index (χ0n) is 8.30. The predicted molar refractivity (Wildman–Crippen MR) is 50.0 cm³/mol. The van der Waals surface area contributed by atoms with E-state index < -0.39 is 0 Å². The molecule has 2 atom stereocenters. The van der Waals surface area contributed by atoms with Crippen molar-refractivity contribution in [2.75, 3.05) is 19.8 Å². The molecule has 0 aromatic heterocycles. The minimum Gasteiger partial charge on any atom is -0.396 e. The fraction of sp³-hybridized carbons (Fsp3) is 1.00. The zero-order valence-corrected chi connectivity index (χ0v) is 8.30. The summed E-state index contributed by atoms with van der Waals surface area (Å²) in [6, 6.07) is 0.113. The molecule has 0 aliphatic carbocycles. The van der Waals surface area contributed by atoms with E-state index in [1.807, 2.05) is 13.8 Å². The van der Waals surface area contributed by atoms with Crippen molar-refractivity contribution < 1.29 is 10.2 Å². The molecule has 0 amide bonds. The van der Waals surface area contributed by atoms with Crippen molar-refractivity contribution in [2.45, 2.75) is 33.2 Å². The molecule has 0 fully saturated rings. The molecule has 0 rings (SSSR count). The van der Waals surface area contributed by atoms with Gasteiger partial charge in [0, 0.05) is 24.6 Å². The Morgan fingerprint density at radius 3 is 2.33 bits per heavy atom. The Labute approximate surface area is 74.8 Å². The molecule has 3 heteroatoms. The van der Waals surface area contributed by atoms with E-state index in [1.165, 1.54) is 0 Å². The van der Waals surface area contributed by atoms with Gasteiger partial charge in [0.2, 0.25) is 0 Å². The minimum atomic E-state index is -0.0522. The summed E-state index contributed by atoms with van der Waals surface area (Å²) in [5.74, 6) is 0. The molecule has 3 N–H and O–H groups in total. The molecule has 0 heterocycles. The number of aliphatic hydroxyl groups is 2. The third kappa shape index (κ3) is 4.04. The maximum atomic E-state index is 9.07. The molecule has 0 radical (unpaired) electrons. The lowest BCUT2D eigenvalue weighted by molar-refractivity contribution is 0.127. The average molecular weight is 175 g/mol. The van der Waals surface area contributed by atoms with Gasteiger partial charge in [-0.05, 0) is 13.3 Å². The van der Waals surface area contributed by atoms with Crippen LogP contribution in [0.25, 0.3) is 0 Å². The van der Waals surface area contributed by atoms with Crippen LogP contribution in [0.2, 0.25) is 0 Å². The van der Waals surface area contributed by atoms with Crippen LogP contribution in [0.4, 0.5) is 0 Å². The summed E-state index contributed by atoms with van der Waals surface area (Å²) in [6.07, 6.45) is 0.939. The van der Waals surface area contributed by atoms with Gasteiger partial charge in [-0.1, -0.05) is 13.8 Å². The van der Waals surface area contributed by atoms with Crippen LogP contribution in [-0.4, -0.2) is 36.0 Å². The van der Waals surface area contributed by atoms with Gasteiger partial charge in [-0.2, -0.15) is 0 Å². The van der Waals surface area contributed by atoms with E-state index in [1.54, 1.807) is 0 Å². The Morgan fingerprint density at radius 1 is 1.42 bits per heavy atom. The van der Waals surface area contributed by atoms with Gasteiger partial charge in [0.25, 0.3) is 0 Å². The molecule has 12 heavy (non-hydrogen) atoms. The highest BCUT2D eigenvalue weighted by atomic mass is 16.3. The van der Waals surface area contributed by atoms with Gasteiger partial charge in [-0.3, -0.25) is 0 Å². The SMILES string of the molecule is CCC(C)(CO)CN[C@H](C)CO. The Bertz CT molecular complexity index is 113. The van der Waals surface area contributed by atoms with E-state index >= 15 is 0 Å². The first-order chi connectivity index (χ1) is 5.58. The molecule has 0 aliphatic heterocycles. The standard InChI is InChI=1S/C9H21NO2/c1-4-9(3,7-12)6-10-8(2)5-11/h8,10-12H,4-7H2,1-3H3/t8-,9?/m1/s1. The largest absolute Gasteiger partial charge is 0.396 e. The van der Waals surface area contributed by atoms with Crippen LogP contribution in [0, 0.1) is 5.41 Å². The average Bonchev–Trinajstić information content (AvgIpc) is 2.13. The van der Waals surface area contributed by atoms with Crippen LogP contribution < -0.4 is 5.32 Å². The molecule has 1 unspecified atom stereocenters. The molecule has 0 aromatic rings. The van der Waals surface area contributed by atoms with Gasteiger partial charge in [-0.15, -0.1) is 0 Å². The van der Waals surface area contributed by atoms with E-state index in [2.05, 4.69) is 12.2 Å². The quantitative estimate of drug-likeness (QED) is 0.546. The first kappa shape index (κ1) is 11.9. The number of hydrogen-bond donors (Lipinski definition) is 3. The predicted octanol–water partition coefficient (Wildman–Crippen LogP) is 0.365. The molecule has 74 valence electrons. The van der Waals surface area contributed by atoms with E-state index in [4.69, 9.17) is 10.2 Å². The van der Waals surface area contributed by atoms with E-state index in [9.17, 15) is 0 Å². The lowest BCUT2D eigenvalue weighted by Crippen LogP contribution is -2.40. The Kier molecular flexibility index (Phi) is 5.46. The van der Waals surface area contributed by atoms with E-state index in [0.717, 1.165) is 13.0 Å². The summed E-state index contributed by atoms with van der Waals surface area (Å²) in [7, 11) is 0. The van der Waals surface area contributed by atoms with Gasteiger partial charge >= 0.3 is 0 Å². The third-order valence-electron chi connectivity index (χ3n) is 2.39. The summed E-state index contributed by atoms with van der Waals surface area (Å²) in [6.45, 7) is 7.10. The Balaban J connectivity index is 3.72. The van der Waals surface area contributed by atoms with Crippen molar-refractivity contribution >= 4 is 0 Å². The topological polar surface area (TPSA) is 52.5 Å². The first-order valence-electron chi connectivity index (χ1n) is 4.53. The van der Waals surface area contributed by atoms with Gasteiger partial charge < -0.3 is 15.5 Å². The van der Waals surface area contributed by atoms with Gasteiger partial charge in [0.05, 0.1) is 6.61 Å². The van der Waals surface area contributed by atoms with Crippen LogP contribution in [0.15, 0.2) is 0 Å². The maximum Gasteiger partial charge on any atom is 0.0581 e. The second-order valence-electron chi connectivity index (χ2n) is 3.79. The summed E-state index contributed by atoms with van der Waals surface area (Å²) >= 11 is 0. The zero-order chi connectivity index (χ0) is 9.61. The number of aliphatic hydroxyl groups excluding tert-OH is 2. The normalized spacial score (nSPS) is 18.8. The smallest absolute Gasteiger partial charge is 0.0581 e. The van der Waals surface area contributed by atoms with Crippen molar-refractivity contribution in [3.8, 4) is 0 Å². The summed E-state index contributed by atoms with van der Waals surface area (Å²) in [4.78, 5) is 0. The number of rotatable bonds is 6. The fourth-order valence-electron chi connectivity index (χ4n) is 0.778. The van der Waals surface area contributed by atoms with Gasteiger partial charge in [0.15, 0.2) is 0 Å². The molecule has 0 saturated carbocycles. The minimum absolute atomic E-state index is 0.0522. The monoisotopic (exact) mass is 175 g/mol. The van der Waals surface area contributed by atoms with Crippen molar-refractivity contribution in [3.05, 3.63) is 0 Å². The Morgan fingerprint density at radius 2 is 2.00 bits per heavy atom. The van der Waals surface area contributed by atoms with Gasteiger partial charge in [0.1, 0.15) is 0 Å². The second kappa shape index (κ2) is 5.51. The van der Waals surface area contributed by atoms with Crippen molar-refractivity contribution in [1.82, 2.24) is 5.32 Å². The molecule has 0 aliphatic rings. The van der Waals surface area contributed by atoms with Crippen LogP contribution in [0.5, 0.6) is 0 Å². The van der Waals surface area contributed by atoms with Crippen LogP contribution >= 0.6 is 0 Å². The van der Waals surface area contributed by atoms with Crippen molar-refractivity contribution in [3.63, 3.8) is 0 Å². The maximum absolute atomic E-state index is 9.07. The fourth-order valence-corrected chi connectivity index (χ4v) is 0.778. The highest BCUT2D eigenvalue weighted by molar-refractivity contribution is 4.75. The first-order valence-corrected chi connectivity index (χ1v) is 4.53. The van der Waals surface area contributed by atoms with E-state index in [-0.39, 0.29) is 24.7 Å². The molecule has 3 nitrogen and oxygen atoms in total. The summed E-state index contributed by atoms with van der Waals surface area (Å²) in [5.41, 5.74) is -0.0522. The molecule has 0 bridgehead atoms. The van der Waals surface area contributed by atoms with E-state index in [0.29, 0.717) is 0 Å². The number of nitrogens with one attached hydrogen (secondary N) is 1. The molecule has 0 aromatic carbocycles. The molecule has 0 saturated heterocycles. The molecular formula is C9H21NO2. The second-order valence-corrected chi connectivity index (χ2v) is 3.79. The van der Waals surface area contributed by atoms with Crippen molar-refractivity contribution in [2.24, 2.45) is 5.41 Å². The van der Waals surface area contributed by atoms with Crippen LogP contribution in [0.1, 0.15) is 27.2 Å². The third-order valence-corrected chi connectivity index (χ3v) is 2.39. The van der Waals surface area contributed by atoms with Crippen LogP contribution in [-0.2, 0) is 0 Å². The summed E-state index contributed by atoms with van der Waals surface area (Å²) in [5, 5.41) is 21.0. The summed E-state index contributed by atoms with van der Waals surface area (Å²) < 4.78 is 0. The Hall–Kier alpha value is -0.120. The lowest BCUT2D eigenvalue weighted by Gasteiger charge is -2.27.